The third kappa shape index (κ3) is 6.00. The Balaban J connectivity index is 1.57. The van der Waals surface area contributed by atoms with Crippen molar-refractivity contribution in [3.63, 3.8) is 0 Å². The smallest absolute Gasteiger partial charge is 0.405 e. The van der Waals surface area contributed by atoms with Gasteiger partial charge in [0.2, 0.25) is 0 Å². The van der Waals surface area contributed by atoms with Crippen LogP contribution in [-0.2, 0) is 13.1 Å². The third-order valence-corrected chi connectivity index (χ3v) is 4.00. The van der Waals surface area contributed by atoms with Gasteiger partial charge in [0, 0.05) is 19.2 Å². The highest BCUT2D eigenvalue weighted by molar-refractivity contribution is 5.79. The summed E-state index contributed by atoms with van der Waals surface area (Å²) in [5, 5.41) is 6.04. The van der Waals surface area contributed by atoms with Gasteiger partial charge in [-0.15, -0.1) is 13.2 Å². The molecule has 0 bridgehead atoms. The van der Waals surface area contributed by atoms with Crippen LogP contribution in [0.2, 0.25) is 0 Å². The zero-order chi connectivity index (χ0) is 20.7. The van der Waals surface area contributed by atoms with Crippen molar-refractivity contribution >= 4 is 5.96 Å². The summed E-state index contributed by atoms with van der Waals surface area (Å²) >= 11 is 0. The summed E-state index contributed by atoms with van der Waals surface area (Å²) in [5.41, 5.74) is 2.27. The fourth-order valence-corrected chi connectivity index (χ4v) is 2.66. The summed E-state index contributed by atoms with van der Waals surface area (Å²) in [6.07, 6.45) is -3.00. The quantitative estimate of drug-likeness (QED) is 0.432. The van der Waals surface area contributed by atoms with E-state index < -0.39 is 6.36 Å². The molecule has 1 aromatic heterocycles. The molecule has 0 aliphatic carbocycles. The number of nitrogens with zero attached hydrogens (tertiary/aromatic N) is 2. The van der Waals surface area contributed by atoms with Crippen LogP contribution in [0.3, 0.4) is 0 Å². The maximum atomic E-state index is 12.5. The predicted molar refractivity (Wildman–Crippen MR) is 104 cm³/mol. The molecule has 0 amide bonds. The van der Waals surface area contributed by atoms with Crippen molar-refractivity contribution in [2.24, 2.45) is 4.99 Å². The number of aromatic amines is 1. The highest BCUT2D eigenvalue weighted by atomic mass is 19.4. The van der Waals surface area contributed by atoms with Gasteiger partial charge < -0.3 is 20.4 Å². The maximum Gasteiger partial charge on any atom is 0.573 e. The zero-order valence-corrected chi connectivity index (χ0v) is 15.6. The van der Waals surface area contributed by atoms with Gasteiger partial charge in [0.15, 0.2) is 5.96 Å². The number of aromatic nitrogens is 2. The molecule has 9 heteroatoms. The lowest BCUT2D eigenvalue weighted by atomic mass is 10.2. The molecular weight excluding hydrogens is 383 g/mol. The minimum Gasteiger partial charge on any atom is -0.405 e. The van der Waals surface area contributed by atoms with E-state index in [1.54, 1.807) is 25.4 Å². The minimum atomic E-state index is -4.74. The van der Waals surface area contributed by atoms with E-state index in [1.165, 1.54) is 12.1 Å². The molecule has 0 saturated heterocycles. The summed E-state index contributed by atoms with van der Waals surface area (Å²) in [4.78, 5) is 11.6. The number of nitrogens with one attached hydrogen (secondary N) is 3. The summed E-state index contributed by atoms with van der Waals surface area (Å²) in [5.74, 6) is 0.874. The van der Waals surface area contributed by atoms with Gasteiger partial charge >= 0.3 is 6.36 Å². The molecule has 29 heavy (non-hydrogen) atoms. The largest absolute Gasteiger partial charge is 0.573 e. The Hall–Kier alpha value is -3.49. The second kappa shape index (κ2) is 9.13. The fourth-order valence-electron chi connectivity index (χ4n) is 2.66. The van der Waals surface area contributed by atoms with E-state index in [4.69, 9.17) is 0 Å². The first-order valence-corrected chi connectivity index (χ1v) is 8.82. The van der Waals surface area contributed by atoms with E-state index in [1.807, 2.05) is 30.3 Å². The number of hydrogen-bond donors (Lipinski definition) is 3. The number of halogens is 3. The molecule has 2 aromatic carbocycles. The lowest BCUT2D eigenvalue weighted by Gasteiger charge is -2.15. The van der Waals surface area contributed by atoms with E-state index >= 15 is 0 Å². The van der Waals surface area contributed by atoms with E-state index in [-0.39, 0.29) is 12.3 Å². The normalized spacial score (nSPS) is 11.9. The van der Waals surface area contributed by atoms with Crippen LogP contribution in [0.4, 0.5) is 13.2 Å². The van der Waals surface area contributed by atoms with Crippen molar-refractivity contribution in [2.45, 2.75) is 19.5 Å². The van der Waals surface area contributed by atoms with Crippen LogP contribution in [0.15, 0.2) is 65.8 Å². The molecule has 0 spiro atoms. The average molecular weight is 403 g/mol. The Bertz CT molecular complexity index is 954. The maximum absolute atomic E-state index is 12.5. The monoisotopic (exact) mass is 403 g/mol. The Morgan fingerprint density at radius 3 is 2.45 bits per heavy atom. The molecule has 0 unspecified atom stereocenters. The number of rotatable bonds is 6. The van der Waals surface area contributed by atoms with Gasteiger partial charge in [0.25, 0.3) is 0 Å². The number of hydrogen-bond acceptors (Lipinski definition) is 3. The van der Waals surface area contributed by atoms with Crippen LogP contribution in [0.5, 0.6) is 5.75 Å². The SMILES string of the molecule is CN=C(NCc1ncc(-c2ccccc2)[nH]1)NCc1ccccc1OC(F)(F)F. The van der Waals surface area contributed by atoms with Crippen LogP contribution in [0.25, 0.3) is 11.3 Å². The van der Waals surface area contributed by atoms with Crippen molar-refractivity contribution in [3.8, 4) is 17.0 Å². The van der Waals surface area contributed by atoms with Crippen molar-refractivity contribution in [1.82, 2.24) is 20.6 Å². The number of imidazole rings is 1. The number of benzene rings is 2. The lowest BCUT2D eigenvalue weighted by molar-refractivity contribution is -0.274. The van der Waals surface area contributed by atoms with Gasteiger partial charge in [-0.25, -0.2) is 4.98 Å². The van der Waals surface area contributed by atoms with E-state index in [0.717, 1.165) is 11.3 Å². The summed E-state index contributed by atoms with van der Waals surface area (Å²) in [7, 11) is 1.57. The Kier molecular flexibility index (Phi) is 6.38. The third-order valence-electron chi connectivity index (χ3n) is 4.00. The number of alkyl halides is 3. The number of ether oxygens (including phenoxy) is 1. The second-order valence-corrected chi connectivity index (χ2v) is 6.04. The zero-order valence-electron chi connectivity index (χ0n) is 15.6. The first-order chi connectivity index (χ1) is 13.9. The molecular formula is C20H20F3N5O. The molecule has 0 fully saturated rings. The second-order valence-electron chi connectivity index (χ2n) is 6.04. The average Bonchev–Trinajstić information content (AvgIpc) is 3.18. The Morgan fingerprint density at radius 2 is 1.72 bits per heavy atom. The minimum absolute atomic E-state index is 0.110. The van der Waals surface area contributed by atoms with Gasteiger partial charge in [-0.3, -0.25) is 4.99 Å². The summed E-state index contributed by atoms with van der Waals surface area (Å²) in [6, 6.07) is 15.7. The van der Waals surface area contributed by atoms with Gasteiger partial charge in [-0.05, 0) is 11.6 Å². The van der Waals surface area contributed by atoms with Crippen molar-refractivity contribution in [2.75, 3.05) is 7.05 Å². The Morgan fingerprint density at radius 1 is 1.03 bits per heavy atom. The van der Waals surface area contributed by atoms with Gasteiger partial charge in [-0.2, -0.15) is 0 Å². The van der Waals surface area contributed by atoms with Crippen LogP contribution >= 0.6 is 0 Å². The van der Waals surface area contributed by atoms with Gasteiger partial charge in [-0.1, -0.05) is 48.5 Å². The predicted octanol–water partition coefficient (Wildman–Crippen LogP) is 3.84. The standard InChI is InChI=1S/C20H20F3N5O/c1-24-19(26-11-15-9-5-6-10-17(15)29-20(21,22)23)27-13-18-25-12-16(28-18)14-7-3-2-4-8-14/h2-10,12H,11,13H2,1H3,(H,25,28)(H2,24,26,27). The number of guanidine groups is 1. The molecule has 3 aromatic rings. The topological polar surface area (TPSA) is 74.3 Å². The Labute approximate surface area is 165 Å². The van der Waals surface area contributed by atoms with Crippen LogP contribution in [0.1, 0.15) is 11.4 Å². The summed E-state index contributed by atoms with van der Waals surface area (Å²) < 4.78 is 41.6. The van der Waals surface area contributed by atoms with E-state index in [2.05, 4.69) is 30.3 Å². The van der Waals surface area contributed by atoms with Crippen molar-refractivity contribution in [3.05, 3.63) is 72.2 Å². The highest BCUT2D eigenvalue weighted by Crippen LogP contribution is 2.26. The summed E-state index contributed by atoms with van der Waals surface area (Å²) in [6.45, 7) is 0.479. The molecule has 0 atom stereocenters. The van der Waals surface area contributed by atoms with Crippen molar-refractivity contribution < 1.29 is 17.9 Å². The lowest BCUT2D eigenvalue weighted by Crippen LogP contribution is -2.36. The molecule has 0 saturated carbocycles. The molecule has 3 N–H and O–H groups in total. The van der Waals surface area contributed by atoms with Gasteiger partial charge in [0.05, 0.1) is 18.4 Å². The van der Waals surface area contributed by atoms with Crippen LogP contribution < -0.4 is 15.4 Å². The van der Waals surface area contributed by atoms with Crippen LogP contribution in [0, 0.1) is 0 Å². The van der Waals surface area contributed by atoms with E-state index in [0.29, 0.717) is 23.9 Å². The highest BCUT2D eigenvalue weighted by Gasteiger charge is 2.31. The fraction of sp³-hybridized carbons (Fsp3) is 0.200. The first-order valence-electron chi connectivity index (χ1n) is 8.82. The molecule has 152 valence electrons. The molecule has 0 aliphatic rings. The van der Waals surface area contributed by atoms with Crippen molar-refractivity contribution in [1.29, 1.82) is 0 Å². The van der Waals surface area contributed by atoms with Crippen LogP contribution in [-0.4, -0.2) is 29.3 Å². The molecule has 0 radical (unpaired) electrons. The first kappa shape index (κ1) is 20.2. The molecule has 0 aliphatic heterocycles. The number of aliphatic imine (C=N–C) groups is 1. The number of para-hydroxylation sites is 1. The van der Waals surface area contributed by atoms with E-state index in [9.17, 15) is 13.2 Å². The molecule has 3 rings (SSSR count). The van der Waals surface area contributed by atoms with Gasteiger partial charge in [0.1, 0.15) is 11.6 Å². The number of H-pyrrole nitrogens is 1. The molecule has 1 heterocycles. The molecule has 6 nitrogen and oxygen atoms in total.